The fraction of sp³-hybridized carbons (Fsp3) is 0.438. The second kappa shape index (κ2) is 7.10. The first-order valence-electron chi connectivity index (χ1n) is 6.87. The molecule has 0 spiro atoms. The number of carbonyl (C=O) groups excluding carboxylic acids is 1. The van der Waals surface area contributed by atoms with Gasteiger partial charge in [-0.05, 0) is 38.0 Å². The van der Waals surface area contributed by atoms with Gasteiger partial charge in [0.1, 0.15) is 18.1 Å². The van der Waals surface area contributed by atoms with Crippen LogP contribution in [0.3, 0.4) is 0 Å². The van der Waals surface area contributed by atoms with Crippen LogP contribution >= 0.6 is 0 Å². The maximum atomic E-state index is 11.7. The molecule has 1 fully saturated rings. The summed E-state index contributed by atoms with van der Waals surface area (Å²) in [5.74, 6) is 1.13. The molecule has 0 aliphatic carbocycles. The number of hydrogen-bond acceptors (Lipinski definition) is 4. The molecule has 0 amide bonds. The van der Waals surface area contributed by atoms with Crippen molar-refractivity contribution in [1.82, 2.24) is 0 Å². The Morgan fingerprint density at radius 1 is 1.50 bits per heavy atom. The van der Waals surface area contributed by atoms with Crippen LogP contribution in [-0.4, -0.2) is 25.3 Å². The average molecular weight is 276 g/mol. The molecular weight excluding hydrogens is 256 g/mol. The zero-order chi connectivity index (χ0) is 14.4. The Morgan fingerprint density at radius 3 is 3.00 bits per heavy atom. The molecule has 1 aliphatic rings. The summed E-state index contributed by atoms with van der Waals surface area (Å²) in [6.07, 6.45) is 4.48. The standard InChI is InChI=1S/C16H20O4/c1-3-9-18-15-8-7-13(11-14(15)12(2)17)20-16-6-4-5-10-19-16/h3,7-8,11,16H,1,4-6,9-10H2,2H3/t16-/m1/s1. The van der Waals surface area contributed by atoms with Gasteiger partial charge in [-0.25, -0.2) is 0 Å². The van der Waals surface area contributed by atoms with E-state index in [0.29, 0.717) is 23.7 Å². The van der Waals surface area contributed by atoms with E-state index in [0.717, 1.165) is 25.9 Å². The third-order valence-corrected chi connectivity index (χ3v) is 3.09. The van der Waals surface area contributed by atoms with Gasteiger partial charge in [-0.2, -0.15) is 0 Å². The van der Waals surface area contributed by atoms with E-state index in [4.69, 9.17) is 14.2 Å². The van der Waals surface area contributed by atoms with E-state index in [1.165, 1.54) is 6.92 Å². The van der Waals surface area contributed by atoms with Crippen molar-refractivity contribution in [3.8, 4) is 11.5 Å². The van der Waals surface area contributed by atoms with Crippen molar-refractivity contribution in [1.29, 1.82) is 0 Å². The molecule has 0 aromatic heterocycles. The van der Waals surface area contributed by atoms with E-state index in [1.807, 2.05) is 0 Å². The van der Waals surface area contributed by atoms with Crippen LogP contribution in [0.25, 0.3) is 0 Å². The summed E-state index contributed by atoms with van der Waals surface area (Å²) in [6, 6.07) is 5.25. The monoisotopic (exact) mass is 276 g/mol. The Morgan fingerprint density at radius 2 is 2.35 bits per heavy atom. The largest absolute Gasteiger partial charge is 0.489 e. The van der Waals surface area contributed by atoms with Crippen molar-refractivity contribution >= 4 is 5.78 Å². The SMILES string of the molecule is C=CCOc1ccc(O[C@@H]2CCCCO2)cc1C(C)=O. The Labute approximate surface area is 119 Å². The summed E-state index contributed by atoms with van der Waals surface area (Å²) >= 11 is 0. The summed E-state index contributed by atoms with van der Waals surface area (Å²) < 4.78 is 16.7. The second-order valence-corrected chi connectivity index (χ2v) is 4.73. The zero-order valence-corrected chi connectivity index (χ0v) is 11.8. The van der Waals surface area contributed by atoms with Crippen LogP contribution in [0.4, 0.5) is 0 Å². The first-order chi connectivity index (χ1) is 9.70. The Balaban J connectivity index is 2.11. The number of hydrogen-bond donors (Lipinski definition) is 0. The first-order valence-corrected chi connectivity index (χ1v) is 6.87. The van der Waals surface area contributed by atoms with Crippen molar-refractivity contribution in [2.45, 2.75) is 32.5 Å². The van der Waals surface area contributed by atoms with Gasteiger partial charge in [-0.15, -0.1) is 0 Å². The Kier molecular flexibility index (Phi) is 5.18. The molecule has 0 N–H and O–H groups in total. The number of carbonyl (C=O) groups is 1. The van der Waals surface area contributed by atoms with Crippen LogP contribution in [0.1, 0.15) is 36.5 Å². The van der Waals surface area contributed by atoms with Crippen molar-refractivity contribution < 1.29 is 19.0 Å². The molecule has 1 aromatic carbocycles. The first kappa shape index (κ1) is 14.6. The van der Waals surface area contributed by atoms with E-state index in [2.05, 4.69) is 6.58 Å². The molecule has 0 radical (unpaired) electrons. The highest BCUT2D eigenvalue weighted by atomic mass is 16.7. The lowest BCUT2D eigenvalue weighted by Crippen LogP contribution is -2.25. The fourth-order valence-corrected chi connectivity index (χ4v) is 2.09. The van der Waals surface area contributed by atoms with Crippen molar-refractivity contribution in [2.24, 2.45) is 0 Å². The Hall–Kier alpha value is -1.81. The van der Waals surface area contributed by atoms with Gasteiger partial charge in [0, 0.05) is 6.42 Å². The molecule has 1 atom stereocenters. The third-order valence-electron chi connectivity index (χ3n) is 3.09. The molecule has 0 saturated carbocycles. The summed E-state index contributed by atoms with van der Waals surface area (Å²) in [5, 5.41) is 0. The number of Topliss-reactive ketones (excluding diaryl/α,β-unsaturated/α-hetero) is 1. The minimum Gasteiger partial charge on any atom is -0.489 e. The molecule has 1 aliphatic heterocycles. The van der Waals surface area contributed by atoms with Gasteiger partial charge in [-0.1, -0.05) is 12.7 Å². The van der Waals surface area contributed by atoms with E-state index >= 15 is 0 Å². The topological polar surface area (TPSA) is 44.8 Å². The Bertz CT molecular complexity index is 475. The van der Waals surface area contributed by atoms with Gasteiger partial charge in [0.2, 0.25) is 0 Å². The molecule has 1 heterocycles. The number of ketones is 1. The zero-order valence-electron chi connectivity index (χ0n) is 11.8. The quantitative estimate of drug-likeness (QED) is 0.590. The second-order valence-electron chi connectivity index (χ2n) is 4.73. The molecule has 0 bridgehead atoms. The van der Waals surface area contributed by atoms with Crippen LogP contribution in [0.5, 0.6) is 11.5 Å². The molecule has 1 saturated heterocycles. The molecule has 108 valence electrons. The summed E-state index contributed by atoms with van der Waals surface area (Å²) in [5.41, 5.74) is 0.514. The predicted molar refractivity (Wildman–Crippen MR) is 76.4 cm³/mol. The van der Waals surface area contributed by atoms with E-state index in [-0.39, 0.29) is 12.1 Å². The fourth-order valence-electron chi connectivity index (χ4n) is 2.09. The minimum absolute atomic E-state index is 0.0564. The number of benzene rings is 1. The summed E-state index contributed by atoms with van der Waals surface area (Å²) in [4.78, 5) is 11.7. The highest BCUT2D eigenvalue weighted by Crippen LogP contribution is 2.27. The lowest BCUT2D eigenvalue weighted by Gasteiger charge is -2.23. The smallest absolute Gasteiger partial charge is 0.199 e. The maximum Gasteiger partial charge on any atom is 0.199 e. The van der Waals surface area contributed by atoms with Gasteiger partial charge in [0.15, 0.2) is 12.1 Å². The molecule has 0 unspecified atom stereocenters. The van der Waals surface area contributed by atoms with Crippen LogP contribution in [0, 0.1) is 0 Å². The van der Waals surface area contributed by atoms with Crippen molar-refractivity contribution in [3.63, 3.8) is 0 Å². The van der Waals surface area contributed by atoms with Crippen LogP contribution < -0.4 is 9.47 Å². The van der Waals surface area contributed by atoms with Crippen LogP contribution in [0.15, 0.2) is 30.9 Å². The van der Waals surface area contributed by atoms with Crippen LogP contribution in [-0.2, 0) is 4.74 Å². The minimum atomic E-state index is -0.219. The number of rotatable bonds is 6. The molecule has 4 heteroatoms. The highest BCUT2D eigenvalue weighted by Gasteiger charge is 2.17. The number of ether oxygens (including phenoxy) is 3. The lowest BCUT2D eigenvalue weighted by atomic mass is 10.1. The van der Waals surface area contributed by atoms with E-state index in [1.54, 1.807) is 24.3 Å². The summed E-state index contributed by atoms with van der Waals surface area (Å²) in [6.45, 7) is 6.20. The summed E-state index contributed by atoms with van der Waals surface area (Å²) in [7, 11) is 0. The molecule has 20 heavy (non-hydrogen) atoms. The molecule has 2 rings (SSSR count). The van der Waals surface area contributed by atoms with Gasteiger partial charge in [0.25, 0.3) is 0 Å². The molecule has 4 nitrogen and oxygen atoms in total. The average Bonchev–Trinajstić information content (AvgIpc) is 2.47. The van der Waals surface area contributed by atoms with Crippen molar-refractivity contribution in [3.05, 3.63) is 36.4 Å². The lowest BCUT2D eigenvalue weighted by molar-refractivity contribution is -0.105. The van der Waals surface area contributed by atoms with Gasteiger partial charge in [0.05, 0.1) is 12.2 Å². The predicted octanol–water partition coefficient (Wildman–Crippen LogP) is 3.36. The highest BCUT2D eigenvalue weighted by molar-refractivity contribution is 5.97. The van der Waals surface area contributed by atoms with E-state index in [9.17, 15) is 4.79 Å². The maximum absolute atomic E-state index is 11.7. The van der Waals surface area contributed by atoms with Gasteiger partial charge in [-0.3, -0.25) is 4.79 Å². The van der Waals surface area contributed by atoms with Gasteiger partial charge >= 0.3 is 0 Å². The third kappa shape index (κ3) is 3.84. The van der Waals surface area contributed by atoms with E-state index < -0.39 is 0 Å². The molecule has 1 aromatic rings. The normalized spacial score (nSPS) is 18.4. The van der Waals surface area contributed by atoms with Crippen LogP contribution in [0.2, 0.25) is 0 Å². The molecular formula is C16H20O4. The van der Waals surface area contributed by atoms with Gasteiger partial charge < -0.3 is 14.2 Å². The van der Waals surface area contributed by atoms with Crippen molar-refractivity contribution in [2.75, 3.05) is 13.2 Å².